The highest BCUT2D eigenvalue weighted by atomic mass is 16.2. The molecule has 5 aliphatic carbocycles. The number of amides is 2. The average Bonchev–Trinajstić information content (AvgIpc) is 3.49. The first-order valence-electron chi connectivity index (χ1n) is 12.5. The molecule has 1 saturated heterocycles. The lowest BCUT2D eigenvalue weighted by molar-refractivity contribution is -0.146. The maximum Gasteiger partial charge on any atom is 0.226 e. The van der Waals surface area contributed by atoms with E-state index in [0.29, 0.717) is 19.0 Å². The fourth-order valence-electron chi connectivity index (χ4n) is 7.61. The molecule has 7 heteroatoms. The minimum absolute atomic E-state index is 0.124. The normalized spacial score (nSPS) is 36.6. The van der Waals surface area contributed by atoms with Crippen molar-refractivity contribution < 1.29 is 9.59 Å². The number of rotatable bonds is 6. The zero-order valence-electron chi connectivity index (χ0n) is 18.5. The lowest BCUT2D eigenvalue weighted by Gasteiger charge is -2.55. The van der Waals surface area contributed by atoms with Crippen molar-refractivity contribution in [2.24, 2.45) is 23.2 Å². The second-order valence-corrected chi connectivity index (χ2v) is 11.2. The number of nitrogens with one attached hydrogen (secondary N) is 1. The summed E-state index contributed by atoms with van der Waals surface area (Å²) >= 11 is 0. The third-order valence-corrected chi connectivity index (χ3v) is 8.82. The van der Waals surface area contributed by atoms with E-state index in [1.165, 1.54) is 32.1 Å². The molecule has 5 saturated carbocycles. The summed E-state index contributed by atoms with van der Waals surface area (Å²) in [6.07, 6.45) is 14.0. The Kier molecular flexibility index (Phi) is 4.83. The lowest BCUT2D eigenvalue weighted by Crippen LogP contribution is -2.54. The predicted octanol–water partition coefficient (Wildman–Crippen LogP) is 3.04. The van der Waals surface area contributed by atoms with Crippen molar-refractivity contribution in [3.8, 4) is 0 Å². The van der Waals surface area contributed by atoms with Crippen LogP contribution in [0.25, 0.3) is 0 Å². The smallest absolute Gasteiger partial charge is 0.226 e. The van der Waals surface area contributed by atoms with Gasteiger partial charge in [-0.05, 0) is 82.0 Å². The zero-order valence-corrected chi connectivity index (χ0v) is 18.5. The molecule has 6 fully saturated rings. The van der Waals surface area contributed by atoms with Gasteiger partial charge in [-0.1, -0.05) is 0 Å². The molecular formula is C24H35N5O2. The van der Waals surface area contributed by atoms with Crippen LogP contribution >= 0.6 is 0 Å². The third kappa shape index (κ3) is 3.68. The van der Waals surface area contributed by atoms with Crippen LogP contribution in [0, 0.1) is 23.2 Å². The monoisotopic (exact) mass is 425 g/mol. The molecule has 1 aromatic heterocycles. The Labute approximate surface area is 184 Å². The molecule has 2 heterocycles. The Balaban J connectivity index is 1.02. The van der Waals surface area contributed by atoms with E-state index in [9.17, 15) is 9.59 Å². The number of carbonyl (C=O) groups excluding carboxylic acids is 2. The molecule has 7 nitrogen and oxygen atoms in total. The first-order chi connectivity index (χ1) is 15.1. The van der Waals surface area contributed by atoms with Crippen molar-refractivity contribution >= 4 is 11.8 Å². The summed E-state index contributed by atoms with van der Waals surface area (Å²) in [5, 5.41) is 11.7. The molecule has 1 aromatic rings. The summed E-state index contributed by atoms with van der Waals surface area (Å²) < 4.78 is 2.23. The quantitative estimate of drug-likeness (QED) is 0.760. The van der Waals surface area contributed by atoms with Gasteiger partial charge in [0.2, 0.25) is 11.8 Å². The Morgan fingerprint density at radius 3 is 2.45 bits per heavy atom. The second kappa shape index (κ2) is 7.59. The van der Waals surface area contributed by atoms with E-state index in [4.69, 9.17) is 0 Å². The Morgan fingerprint density at radius 2 is 1.77 bits per heavy atom. The van der Waals surface area contributed by atoms with Gasteiger partial charge in [-0.2, -0.15) is 0 Å². The highest BCUT2D eigenvalue weighted by Gasteiger charge is 2.54. The fourth-order valence-corrected chi connectivity index (χ4v) is 7.61. The van der Waals surface area contributed by atoms with Gasteiger partial charge in [0.1, 0.15) is 12.2 Å². The van der Waals surface area contributed by atoms with Crippen molar-refractivity contribution in [1.82, 2.24) is 25.0 Å². The van der Waals surface area contributed by atoms with Crippen molar-refractivity contribution in [2.75, 3.05) is 19.6 Å². The Hall–Kier alpha value is -1.92. The summed E-state index contributed by atoms with van der Waals surface area (Å²) in [4.78, 5) is 28.0. The standard InChI is InChI=1S/C24H35N5O2/c30-21(28-7-1-2-19(14-28)22-27-26-15-29(22)20-3-4-20)5-6-25-23(31)24-11-16-8-17(12-24)10-18(9-16)13-24/h15-20H,1-14H2,(H,25,31). The van der Waals surface area contributed by atoms with E-state index in [0.717, 1.165) is 68.8 Å². The van der Waals surface area contributed by atoms with Crippen LogP contribution in [0.15, 0.2) is 6.33 Å². The van der Waals surface area contributed by atoms with Crippen LogP contribution in [0.3, 0.4) is 0 Å². The molecule has 168 valence electrons. The third-order valence-electron chi connectivity index (χ3n) is 8.82. The maximum atomic E-state index is 13.1. The van der Waals surface area contributed by atoms with E-state index < -0.39 is 0 Å². The highest BCUT2D eigenvalue weighted by molar-refractivity contribution is 5.84. The topological polar surface area (TPSA) is 80.1 Å². The molecule has 0 aromatic carbocycles. The van der Waals surface area contributed by atoms with Crippen molar-refractivity contribution in [3.63, 3.8) is 0 Å². The number of hydrogen-bond acceptors (Lipinski definition) is 4. The SMILES string of the molecule is O=C(CCNC(=O)C12CC3CC(CC(C3)C1)C2)N1CCCC(c2nncn2C2CC2)C1. The highest BCUT2D eigenvalue weighted by Crippen LogP contribution is 2.60. The van der Waals surface area contributed by atoms with Crippen LogP contribution < -0.4 is 5.32 Å². The average molecular weight is 426 g/mol. The molecule has 6 aliphatic rings. The molecule has 0 radical (unpaired) electrons. The van der Waals surface area contributed by atoms with E-state index in [-0.39, 0.29) is 23.1 Å². The lowest BCUT2D eigenvalue weighted by atomic mass is 9.49. The van der Waals surface area contributed by atoms with Crippen LogP contribution in [0.4, 0.5) is 0 Å². The molecule has 1 unspecified atom stereocenters. The molecular weight excluding hydrogens is 390 g/mol. The Bertz CT molecular complexity index is 825. The van der Waals surface area contributed by atoms with Gasteiger partial charge in [-0.3, -0.25) is 9.59 Å². The van der Waals surface area contributed by atoms with E-state index >= 15 is 0 Å². The van der Waals surface area contributed by atoms with Crippen LogP contribution in [0.5, 0.6) is 0 Å². The van der Waals surface area contributed by atoms with Crippen LogP contribution in [-0.2, 0) is 9.59 Å². The molecule has 31 heavy (non-hydrogen) atoms. The maximum absolute atomic E-state index is 13.1. The molecule has 1 aliphatic heterocycles. The summed E-state index contributed by atoms with van der Waals surface area (Å²) in [6, 6.07) is 0.566. The van der Waals surface area contributed by atoms with Gasteiger partial charge in [-0.25, -0.2) is 0 Å². The van der Waals surface area contributed by atoms with Gasteiger partial charge >= 0.3 is 0 Å². The van der Waals surface area contributed by atoms with Crippen LogP contribution in [0.1, 0.15) is 88.4 Å². The second-order valence-electron chi connectivity index (χ2n) is 11.2. The van der Waals surface area contributed by atoms with E-state index in [2.05, 4.69) is 20.1 Å². The summed E-state index contributed by atoms with van der Waals surface area (Å²) in [6.45, 7) is 2.02. The van der Waals surface area contributed by atoms with Gasteiger partial charge in [-0.15, -0.1) is 10.2 Å². The molecule has 1 atom stereocenters. The number of hydrogen-bond donors (Lipinski definition) is 1. The largest absolute Gasteiger partial charge is 0.355 e. The summed E-state index contributed by atoms with van der Waals surface area (Å²) in [5.41, 5.74) is -0.124. The predicted molar refractivity (Wildman–Crippen MR) is 115 cm³/mol. The minimum Gasteiger partial charge on any atom is -0.355 e. The first kappa shape index (κ1) is 19.7. The molecule has 7 rings (SSSR count). The van der Waals surface area contributed by atoms with E-state index in [1.807, 2.05) is 11.2 Å². The van der Waals surface area contributed by atoms with Gasteiger partial charge in [0.05, 0.1) is 0 Å². The molecule has 1 N–H and O–H groups in total. The van der Waals surface area contributed by atoms with E-state index in [1.54, 1.807) is 0 Å². The van der Waals surface area contributed by atoms with Gasteiger partial charge in [0, 0.05) is 43.4 Å². The van der Waals surface area contributed by atoms with Crippen LogP contribution in [-0.4, -0.2) is 51.1 Å². The minimum atomic E-state index is -0.124. The molecule has 2 amide bonds. The number of piperidine rings is 1. The van der Waals surface area contributed by atoms with Gasteiger partial charge < -0.3 is 14.8 Å². The van der Waals surface area contributed by atoms with Gasteiger partial charge in [0.15, 0.2) is 0 Å². The van der Waals surface area contributed by atoms with Crippen molar-refractivity contribution in [1.29, 1.82) is 0 Å². The molecule has 4 bridgehead atoms. The fraction of sp³-hybridized carbons (Fsp3) is 0.833. The number of likely N-dealkylation sites (tertiary alicyclic amines) is 1. The molecule has 0 spiro atoms. The van der Waals surface area contributed by atoms with Crippen LogP contribution in [0.2, 0.25) is 0 Å². The number of nitrogens with zero attached hydrogens (tertiary/aromatic N) is 4. The van der Waals surface area contributed by atoms with Crippen molar-refractivity contribution in [2.45, 2.75) is 82.6 Å². The summed E-state index contributed by atoms with van der Waals surface area (Å²) in [5.74, 6) is 4.02. The summed E-state index contributed by atoms with van der Waals surface area (Å²) in [7, 11) is 0. The van der Waals surface area contributed by atoms with Gasteiger partial charge in [0.25, 0.3) is 0 Å². The zero-order chi connectivity index (χ0) is 21.0. The van der Waals surface area contributed by atoms with Crippen molar-refractivity contribution in [3.05, 3.63) is 12.2 Å². The first-order valence-corrected chi connectivity index (χ1v) is 12.5. The Morgan fingerprint density at radius 1 is 1.06 bits per heavy atom. The number of aromatic nitrogens is 3. The number of carbonyl (C=O) groups is 2.